The minimum absolute atomic E-state index is 0.000114. The van der Waals surface area contributed by atoms with Gasteiger partial charge in [-0.2, -0.15) is 13.2 Å². The highest BCUT2D eigenvalue weighted by molar-refractivity contribution is 5.78. The molecule has 0 aliphatic rings. The van der Waals surface area contributed by atoms with Crippen molar-refractivity contribution < 1.29 is 23.1 Å². The van der Waals surface area contributed by atoms with Gasteiger partial charge in [-0.15, -0.1) is 0 Å². The number of halogens is 3. The molecule has 4 nitrogen and oxygen atoms in total. The minimum Gasteiger partial charge on any atom is -0.384 e. The predicted molar refractivity (Wildman–Crippen MR) is 81.8 cm³/mol. The van der Waals surface area contributed by atoms with E-state index in [0.29, 0.717) is 0 Å². The van der Waals surface area contributed by atoms with Crippen molar-refractivity contribution in [3.8, 4) is 0 Å². The molecule has 1 atom stereocenters. The second-order valence-corrected chi connectivity index (χ2v) is 6.25. The fourth-order valence-corrected chi connectivity index (χ4v) is 2.32. The summed E-state index contributed by atoms with van der Waals surface area (Å²) in [5.74, 6) is -0.206. The van der Waals surface area contributed by atoms with Gasteiger partial charge in [0.05, 0.1) is 17.7 Å². The Kier molecular flexibility index (Phi) is 6.18. The zero-order valence-electron chi connectivity index (χ0n) is 13.7. The van der Waals surface area contributed by atoms with Crippen LogP contribution in [0.5, 0.6) is 0 Å². The van der Waals surface area contributed by atoms with E-state index in [-0.39, 0.29) is 30.6 Å². The normalized spacial score (nSPS) is 14.9. The first-order chi connectivity index (χ1) is 10.4. The van der Waals surface area contributed by atoms with Gasteiger partial charge in [0.25, 0.3) is 0 Å². The lowest BCUT2D eigenvalue weighted by atomic mass is 9.93. The third-order valence-corrected chi connectivity index (χ3v) is 3.25. The van der Waals surface area contributed by atoms with Gasteiger partial charge >= 0.3 is 6.18 Å². The van der Waals surface area contributed by atoms with E-state index in [2.05, 4.69) is 5.32 Å². The third-order valence-electron chi connectivity index (χ3n) is 3.25. The number of amides is 1. The van der Waals surface area contributed by atoms with Crippen molar-refractivity contribution in [2.75, 3.05) is 20.1 Å². The molecule has 0 saturated heterocycles. The Labute approximate surface area is 134 Å². The van der Waals surface area contributed by atoms with Crippen LogP contribution in [0, 0.1) is 0 Å². The van der Waals surface area contributed by atoms with E-state index in [1.165, 1.54) is 19.1 Å². The van der Waals surface area contributed by atoms with Gasteiger partial charge in [-0.25, -0.2) is 0 Å². The minimum atomic E-state index is -4.46. The molecule has 7 heteroatoms. The summed E-state index contributed by atoms with van der Waals surface area (Å²) in [6.45, 7) is 5.17. The number of nitrogens with zero attached hydrogens (tertiary/aromatic N) is 1. The number of rotatable bonds is 6. The summed E-state index contributed by atoms with van der Waals surface area (Å²) in [6.07, 6.45) is -4.46. The van der Waals surface area contributed by atoms with Crippen LogP contribution >= 0.6 is 0 Å². The van der Waals surface area contributed by atoms with Gasteiger partial charge in [0.2, 0.25) is 5.91 Å². The molecule has 1 amide bonds. The fraction of sp³-hybridized carbons (Fsp3) is 0.562. The van der Waals surface area contributed by atoms with Gasteiger partial charge in [0, 0.05) is 12.6 Å². The van der Waals surface area contributed by atoms with E-state index in [9.17, 15) is 23.1 Å². The van der Waals surface area contributed by atoms with Crippen LogP contribution in [0.15, 0.2) is 24.3 Å². The summed E-state index contributed by atoms with van der Waals surface area (Å²) < 4.78 is 38.3. The molecule has 1 aromatic carbocycles. The van der Waals surface area contributed by atoms with Gasteiger partial charge in [-0.3, -0.25) is 9.69 Å². The van der Waals surface area contributed by atoms with E-state index < -0.39 is 17.3 Å². The first-order valence-electron chi connectivity index (χ1n) is 7.30. The number of hydrogen-bond acceptors (Lipinski definition) is 3. The van der Waals surface area contributed by atoms with Crippen molar-refractivity contribution in [3.05, 3.63) is 35.4 Å². The molecule has 1 unspecified atom stereocenters. The number of carbonyl (C=O) groups excluding carboxylic acids is 1. The molecule has 2 N–H and O–H groups in total. The van der Waals surface area contributed by atoms with Gasteiger partial charge < -0.3 is 10.4 Å². The number of carbonyl (C=O) groups is 1. The zero-order valence-corrected chi connectivity index (χ0v) is 13.7. The van der Waals surface area contributed by atoms with Crippen LogP contribution in [0.25, 0.3) is 0 Å². The highest BCUT2D eigenvalue weighted by Gasteiger charge is 2.33. The molecule has 0 saturated carbocycles. The number of hydrogen-bond donors (Lipinski definition) is 2. The van der Waals surface area contributed by atoms with Gasteiger partial charge in [-0.1, -0.05) is 12.1 Å². The monoisotopic (exact) mass is 332 g/mol. The molecular formula is C16H23F3N2O2. The Bertz CT molecular complexity index is 542. The molecule has 23 heavy (non-hydrogen) atoms. The Balaban J connectivity index is 2.81. The van der Waals surface area contributed by atoms with E-state index >= 15 is 0 Å². The maximum absolute atomic E-state index is 12.8. The molecule has 0 heterocycles. The molecule has 1 rings (SSSR count). The lowest BCUT2D eigenvalue weighted by molar-refractivity contribution is -0.137. The standard InChI is InChI=1S/C16H23F3N2O2/c1-11(2)20-14(22)9-21(4)10-15(3,23)12-6-5-7-13(8-12)16(17,18)19/h5-8,11,23H,9-10H2,1-4H3,(H,20,22). The first-order valence-corrected chi connectivity index (χ1v) is 7.30. The molecule has 130 valence electrons. The summed E-state index contributed by atoms with van der Waals surface area (Å²) in [5, 5.41) is 13.2. The molecule has 0 spiro atoms. The molecular weight excluding hydrogens is 309 g/mol. The Morgan fingerprint density at radius 1 is 1.30 bits per heavy atom. The summed E-state index contributed by atoms with van der Waals surface area (Å²) in [7, 11) is 1.63. The first kappa shape index (κ1) is 19.4. The highest BCUT2D eigenvalue weighted by Crippen LogP contribution is 2.32. The topological polar surface area (TPSA) is 52.6 Å². The molecule has 0 aliphatic heterocycles. The van der Waals surface area contributed by atoms with Crippen LogP contribution < -0.4 is 5.32 Å². The van der Waals surface area contributed by atoms with E-state index in [1.807, 2.05) is 13.8 Å². The average Bonchev–Trinajstić information content (AvgIpc) is 2.35. The molecule has 0 aromatic heterocycles. The number of likely N-dealkylation sites (N-methyl/N-ethyl adjacent to an activating group) is 1. The maximum Gasteiger partial charge on any atom is 0.416 e. The number of alkyl halides is 3. The Morgan fingerprint density at radius 2 is 1.87 bits per heavy atom. The van der Waals surface area contributed by atoms with Crippen LogP contribution in [0.1, 0.15) is 31.9 Å². The van der Waals surface area contributed by atoms with Crippen molar-refractivity contribution in [2.45, 2.75) is 38.6 Å². The fourth-order valence-electron chi connectivity index (χ4n) is 2.32. The smallest absolute Gasteiger partial charge is 0.384 e. The summed E-state index contributed by atoms with van der Waals surface area (Å²) in [4.78, 5) is 13.3. The van der Waals surface area contributed by atoms with Crippen LogP contribution in [-0.2, 0) is 16.6 Å². The Hall–Kier alpha value is -1.60. The van der Waals surface area contributed by atoms with Crippen molar-refractivity contribution in [3.63, 3.8) is 0 Å². The molecule has 0 bridgehead atoms. The molecule has 0 fully saturated rings. The van der Waals surface area contributed by atoms with Crippen LogP contribution in [0.2, 0.25) is 0 Å². The molecule has 1 aromatic rings. The average molecular weight is 332 g/mol. The highest BCUT2D eigenvalue weighted by atomic mass is 19.4. The van der Waals surface area contributed by atoms with Crippen molar-refractivity contribution in [1.29, 1.82) is 0 Å². The van der Waals surface area contributed by atoms with Crippen molar-refractivity contribution >= 4 is 5.91 Å². The largest absolute Gasteiger partial charge is 0.416 e. The summed E-state index contributed by atoms with van der Waals surface area (Å²) in [5.41, 5.74) is -2.16. The number of aliphatic hydroxyl groups is 1. The second kappa shape index (κ2) is 7.31. The van der Waals surface area contributed by atoms with E-state index in [4.69, 9.17) is 0 Å². The van der Waals surface area contributed by atoms with Gasteiger partial charge in [-0.05, 0) is 45.5 Å². The van der Waals surface area contributed by atoms with Crippen LogP contribution in [-0.4, -0.2) is 42.1 Å². The molecule has 0 aliphatic carbocycles. The van der Waals surface area contributed by atoms with Crippen LogP contribution in [0.4, 0.5) is 13.2 Å². The van der Waals surface area contributed by atoms with Crippen molar-refractivity contribution in [2.24, 2.45) is 0 Å². The molecule has 0 radical (unpaired) electrons. The second-order valence-electron chi connectivity index (χ2n) is 6.25. The number of nitrogens with one attached hydrogen (secondary N) is 1. The Morgan fingerprint density at radius 3 is 2.39 bits per heavy atom. The summed E-state index contributed by atoms with van der Waals surface area (Å²) >= 11 is 0. The van der Waals surface area contributed by atoms with Gasteiger partial charge in [0.15, 0.2) is 0 Å². The summed E-state index contributed by atoms with van der Waals surface area (Å²) in [6, 6.07) is 4.59. The van der Waals surface area contributed by atoms with E-state index in [0.717, 1.165) is 12.1 Å². The lowest BCUT2D eigenvalue weighted by Crippen LogP contribution is -2.43. The van der Waals surface area contributed by atoms with Gasteiger partial charge in [0.1, 0.15) is 0 Å². The maximum atomic E-state index is 12.8. The number of benzene rings is 1. The quantitative estimate of drug-likeness (QED) is 0.841. The van der Waals surface area contributed by atoms with E-state index in [1.54, 1.807) is 11.9 Å². The predicted octanol–water partition coefficient (Wildman–Crippen LogP) is 2.37. The SMILES string of the molecule is CC(C)NC(=O)CN(C)CC(C)(O)c1cccc(C(F)(F)F)c1. The third kappa shape index (κ3) is 6.19. The zero-order chi connectivity index (χ0) is 17.8. The van der Waals surface area contributed by atoms with Crippen LogP contribution in [0.3, 0.4) is 0 Å². The van der Waals surface area contributed by atoms with Crippen molar-refractivity contribution in [1.82, 2.24) is 10.2 Å². The lowest BCUT2D eigenvalue weighted by Gasteiger charge is -2.30.